The van der Waals surface area contributed by atoms with E-state index in [0.29, 0.717) is 0 Å². The first kappa shape index (κ1) is 29.8. The first-order valence-electron chi connectivity index (χ1n) is 0. The zero-order chi connectivity index (χ0) is 0. The Labute approximate surface area is 88.1 Å². The Bertz CT molecular complexity index is 8.00. The smallest absolute Gasteiger partial charge is 0 e. The minimum absolute atomic E-state index is 0. The average molecular weight is 277 g/mol. The Hall–Kier alpha value is 2.71. The van der Waals surface area contributed by atoms with Crippen molar-refractivity contribution in [3.63, 3.8) is 0 Å². The van der Waals surface area contributed by atoms with Crippen LogP contribution in [0.1, 0.15) is 0 Å². The number of rotatable bonds is 0. The Kier molecular flexibility index (Phi) is 128. The van der Waals surface area contributed by atoms with Crippen molar-refractivity contribution >= 4 is 25.8 Å². The molecule has 4 heteroatoms. The van der Waals surface area contributed by atoms with E-state index in [9.17, 15) is 0 Å². The minimum atomic E-state index is 0. The van der Waals surface area contributed by atoms with Crippen molar-refractivity contribution in [2.24, 2.45) is 0 Å². The maximum atomic E-state index is 0. The van der Waals surface area contributed by atoms with Gasteiger partial charge >= 0.3 is 0 Å². The van der Waals surface area contributed by atoms with E-state index >= 15 is 0 Å². The summed E-state index contributed by atoms with van der Waals surface area (Å²) < 4.78 is 0. The van der Waals surface area contributed by atoms with Gasteiger partial charge in [-0.15, -0.1) is 0 Å². The van der Waals surface area contributed by atoms with Crippen LogP contribution in [0.3, 0.4) is 0 Å². The van der Waals surface area contributed by atoms with E-state index in [0.717, 1.165) is 0 Å². The van der Waals surface area contributed by atoms with Crippen molar-refractivity contribution in [1.29, 1.82) is 0 Å². The molecule has 0 heterocycles. The van der Waals surface area contributed by atoms with Gasteiger partial charge in [0, 0.05) is 64.1 Å². The van der Waals surface area contributed by atoms with E-state index in [1.54, 1.807) is 0 Å². The van der Waals surface area contributed by atoms with E-state index in [-0.39, 0.29) is 89.9 Å². The van der Waals surface area contributed by atoms with Gasteiger partial charge in [-0.1, -0.05) is 0 Å². The Morgan fingerprint density at radius 3 is 1.00 bits per heavy atom. The molecule has 0 amide bonds. The Morgan fingerprint density at radius 1 is 1.00 bits per heavy atom. The third-order valence-electron chi connectivity index (χ3n) is 0. The van der Waals surface area contributed by atoms with Crippen LogP contribution in [0.25, 0.3) is 0 Å². The van der Waals surface area contributed by atoms with E-state index < -0.39 is 0 Å². The summed E-state index contributed by atoms with van der Waals surface area (Å²) in [6.45, 7) is 0. The van der Waals surface area contributed by atoms with E-state index in [1.807, 2.05) is 0 Å². The van der Waals surface area contributed by atoms with Gasteiger partial charge in [0.15, 0.2) is 17.4 Å². The molecule has 0 nitrogen and oxygen atoms in total. The molecule has 0 aromatic heterocycles. The molecule has 21 valence electrons. The summed E-state index contributed by atoms with van der Waals surface area (Å²) in [4.78, 5) is 0. The van der Waals surface area contributed by atoms with Gasteiger partial charge in [0.2, 0.25) is 0 Å². The van der Waals surface area contributed by atoms with Crippen LogP contribution in [-0.2, 0) is 22.4 Å². The van der Waals surface area contributed by atoms with Crippen LogP contribution in [0.5, 0.6) is 0 Å². The fourth-order valence-electron chi connectivity index (χ4n) is 0. The Balaban J connectivity index is 0. The molecule has 0 aromatic carbocycles. The molecule has 0 N–H and O–H groups in total. The molecular weight excluding hydrogens is 271 g/mol. The van der Waals surface area contributed by atoms with Crippen molar-refractivity contribution in [1.82, 2.24) is 0 Å². The van der Waals surface area contributed by atoms with Crippen LogP contribution < -0.4 is 0 Å². The van der Waals surface area contributed by atoms with Crippen molar-refractivity contribution in [2.75, 3.05) is 0 Å². The van der Waals surface area contributed by atoms with E-state index in [2.05, 4.69) is 0 Å². The molecule has 0 aliphatic carbocycles. The summed E-state index contributed by atoms with van der Waals surface area (Å²) in [6, 6.07) is 0. The molecule has 0 fully saturated rings. The van der Waals surface area contributed by atoms with E-state index in [1.165, 1.54) is 0 Å². The molecule has 0 unspecified atom stereocenters. The third kappa shape index (κ3) is 8.83. The normalized spacial score (nSPS) is 0. The second-order valence-corrected chi connectivity index (χ2v) is 0. The quantitative estimate of drug-likeness (QED) is 0.434. The first-order valence-corrected chi connectivity index (χ1v) is 0. The van der Waals surface area contributed by atoms with Gasteiger partial charge in [-0.25, -0.2) is 0 Å². The number of hydrogen-bond acceptors (Lipinski definition) is 0. The molecular formula is H6AlBCeNb. The molecule has 0 aliphatic heterocycles. The summed E-state index contributed by atoms with van der Waals surface area (Å²) in [5.74, 6) is 0. The Morgan fingerprint density at radius 2 is 1.00 bits per heavy atom. The first-order chi connectivity index (χ1) is 0. The maximum absolute atomic E-state index is 0. The topological polar surface area (TPSA) is 0 Å². The zero-order valence-electron chi connectivity index (χ0n) is 0.947. The van der Waals surface area contributed by atoms with Crippen molar-refractivity contribution in [2.45, 2.75) is 0 Å². The van der Waals surface area contributed by atoms with Crippen LogP contribution >= 0.6 is 0 Å². The van der Waals surface area contributed by atoms with Crippen molar-refractivity contribution in [3.05, 3.63) is 0 Å². The SMILES string of the molecule is B.[AlH3].[Ce].[Nb]. The summed E-state index contributed by atoms with van der Waals surface area (Å²) in [5.41, 5.74) is 0. The summed E-state index contributed by atoms with van der Waals surface area (Å²) in [5, 5.41) is 0. The van der Waals surface area contributed by atoms with Crippen LogP contribution in [0, 0.1) is 41.7 Å². The van der Waals surface area contributed by atoms with E-state index in [4.69, 9.17) is 0 Å². The van der Waals surface area contributed by atoms with Gasteiger partial charge < -0.3 is 0 Å². The fourth-order valence-corrected chi connectivity index (χ4v) is 0. The molecule has 0 saturated carbocycles. The van der Waals surface area contributed by atoms with Crippen molar-refractivity contribution < 1.29 is 64.1 Å². The van der Waals surface area contributed by atoms with Crippen LogP contribution in [0.4, 0.5) is 0 Å². The molecule has 0 aromatic rings. The third-order valence-corrected chi connectivity index (χ3v) is 0. The molecule has 0 spiro atoms. The van der Waals surface area contributed by atoms with Gasteiger partial charge in [0.05, 0.1) is 8.41 Å². The number of hydrogen-bond donors (Lipinski definition) is 0. The molecule has 0 bridgehead atoms. The molecule has 4 heavy (non-hydrogen) atoms. The second-order valence-electron chi connectivity index (χ2n) is 0. The van der Waals surface area contributed by atoms with Gasteiger partial charge in [0.25, 0.3) is 0 Å². The summed E-state index contributed by atoms with van der Waals surface area (Å²) in [6.07, 6.45) is 0. The van der Waals surface area contributed by atoms with Crippen LogP contribution in [-0.4, -0.2) is 25.8 Å². The monoisotopic (exact) mass is 277 g/mol. The second kappa shape index (κ2) is 17.2. The van der Waals surface area contributed by atoms with Gasteiger partial charge in [-0.3, -0.25) is 0 Å². The molecule has 0 atom stereocenters. The van der Waals surface area contributed by atoms with Gasteiger partial charge in [0.1, 0.15) is 0 Å². The molecule has 1 radical (unpaired) electrons. The summed E-state index contributed by atoms with van der Waals surface area (Å²) in [7, 11) is 0. The zero-order valence-corrected chi connectivity index (χ0v) is 6.29. The van der Waals surface area contributed by atoms with Gasteiger partial charge in [-0.2, -0.15) is 0 Å². The summed E-state index contributed by atoms with van der Waals surface area (Å²) >= 11 is 0. The maximum Gasteiger partial charge on any atom is 0.187 e. The fraction of sp³-hybridized carbons (Fsp3) is 0. The van der Waals surface area contributed by atoms with Crippen LogP contribution in [0.15, 0.2) is 0 Å². The van der Waals surface area contributed by atoms with Gasteiger partial charge in [-0.05, 0) is 0 Å². The van der Waals surface area contributed by atoms with Crippen LogP contribution in [0.2, 0.25) is 0 Å². The largest absolute Gasteiger partial charge is 0.187 e. The predicted molar refractivity (Wildman–Crippen MR) is 19.9 cm³/mol. The minimum Gasteiger partial charge on any atom is 0 e. The average Bonchev–Trinajstić information content (AvgIpc) is 0. The molecule has 0 aliphatic rings. The standard InChI is InChI=1S/Al.BH3.Ce.Nb.3H/h;1H3;;;;;. The predicted octanol–water partition coefficient (Wildman–Crippen LogP) is -2.37. The molecule has 0 saturated heterocycles. The van der Waals surface area contributed by atoms with Crippen molar-refractivity contribution in [3.8, 4) is 0 Å². The molecule has 0 rings (SSSR count).